The molecule has 1 saturated heterocycles. The van der Waals surface area contributed by atoms with E-state index >= 15 is 0 Å². The molecule has 2 aliphatic heterocycles. The molecule has 3 aromatic carbocycles. The molecule has 2 heterocycles. The molecule has 0 amide bonds. The minimum absolute atomic E-state index is 0.102. The number of esters is 1. The Morgan fingerprint density at radius 2 is 1.63 bits per heavy atom. The van der Waals surface area contributed by atoms with Crippen molar-refractivity contribution in [1.29, 1.82) is 0 Å². The standard InChI is InChI=1S/C28H28N2O4S/c1-27(2)24-18-23(35(32,33)22-8-6-5-7-9-22)14-15-25(24)30-19-26(31)34-28(27,30)17-16-20-10-12-21(13-11-20)29(3)4/h5-18H,19H2,1-4H3/b17-16+. The van der Waals surface area contributed by atoms with Gasteiger partial charge in [0.1, 0.15) is 6.54 Å². The van der Waals surface area contributed by atoms with E-state index in [4.69, 9.17) is 4.74 Å². The molecular weight excluding hydrogens is 460 g/mol. The molecule has 180 valence electrons. The molecule has 7 heteroatoms. The van der Waals surface area contributed by atoms with Crippen LogP contribution in [0.15, 0.2) is 88.7 Å². The average molecular weight is 489 g/mol. The van der Waals surface area contributed by atoms with Gasteiger partial charge in [-0.3, -0.25) is 4.79 Å². The first-order chi connectivity index (χ1) is 16.6. The third-order valence-electron chi connectivity index (χ3n) is 7.06. The third-order valence-corrected chi connectivity index (χ3v) is 8.83. The Balaban J connectivity index is 1.57. The highest BCUT2D eigenvalue weighted by molar-refractivity contribution is 7.91. The van der Waals surface area contributed by atoms with E-state index in [1.165, 1.54) is 0 Å². The number of hydrogen-bond acceptors (Lipinski definition) is 6. The van der Waals surface area contributed by atoms with Crippen molar-refractivity contribution in [2.24, 2.45) is 0 Å². The van der Waals surface area contributed by atoms with Gasteiger partial charge in [0, 0.05) is 25.5 Å². The molecule has 0 saturated carbocycles. The van der Waals surface area contributed by atoms with Crippen molar-refractivity contribution in [3.8, 4) is 0 Å². The van der Waals surface area contributed by atoms with E-state index in [1.54, 1.807) is 48.5 Å². The van der Waals surface area contributed by atoms with Crippen LogP contribution in [0, 0.1) is 0 Å². The van der Waals surface area contributed by atoms with Crippen LogP contribution in [0.25, 0.3) is 6.08 Å². The molecule has 0 aromatic heterocycles. The van der Waals surface area contributed by atoms with E-state index in [2.05, 4.69) is 0 Å². The predicted molar refractivity (Wildman–Crippen MR) is 137 cm³/mol. The van der Waals surface area contributed by atoms with Crippen LogP contribution < -0.4 is 9.80 Å². The Kier molecular flexibility index (Phi) is 5.29. The Morgan fingerprint density at radius 1 is 0.943 bits per heavy atom. The zero-order valence-electron chi connectivity index (χ0n) is 20.2. The number of benzene rings is 3. The summed E-state index contributed by atoms with van der Waals surface area (Å²) in [5.74, 6) is -0.308. The van der Waals surface area contributed by atoms with Gasteiger partial charge in [-0.05, 0) is 73.5 Å². The largest absolute Gasteiger partial charge is 0.433 e. The molecule has 1 fully saturated rings. The number of rotatable bonds is 5. The second-order valence-electron chi connectivity index (χ2n) is 9.70. The summed E-state index contributed by atoms with van der Waals surface area (Å²) in [6, 6.07) is 21.6. The predicted octanol–water partition coefficient (Wildman–Crippen LogP) is 4.65. The van der Waals surface area contributed by atoms with Gasteiger partial charge in [-0.1, -0.05) is 36.4 Å². The van der Waals surface area contributed by atoms with Crippen molar-refractivity contribution in [3.63, 3.8) is 0 Å². The highest BCUT2D eigenvalue weighted by Gasteiger charge is 2.62. The maximum absolute atomic E-state index is 13.3. The second kappa shape index (κ2) is 7.99. The molecule has 6 nitrogen and oxygen atoms in total. The van der Waals surface area contributed by atoms with Crippen LogP contribution in [0.5, 0.6) is 0 Å². The first-order valence-electron chi connectivity index (χ1n) is 11.5. The molecule has 0 aliphatic carbocycles. The number of sulfone groups is 1. The van der Waals surface area contributed by atoms with E-state index in [-0.39, 0.29) is 22.3 Å². The Morgan fingerprint density at radius 3 is 2.29 bits per heavy atom. The molecule has 2 aliphatic rings. The summed E-state index contributed by atoms with van der Waals surface area (Å²) in [4.78, 5) is 16.9. The number of ether oxygens (including phenoxy) is 1. The molecule has 3 aromatic rings. The second-order valence-corrected chi connectivity index (χ2v) is 11.6. The van der Waals surface area contributed by atoms with Gasteiger partial charge in [0.15, 0.2) is 0 Å². The highest BCUT2D eigenvalue weighted by Crippen LogP contribution is 2.56. The highest BCUT2D eigenvalue weighted by atomic mass is 32.2. The lowest BCUT2D eigenvalue weighted by Crippen LogP contribution is -2.51. The van der Waals surface area contributed by atoms with Crippen molar-refractivity contribution in [3.05, 3.63) is 90.0 Å². The van der Waals surface area contributed by atoms with Crippen molar-refractivity contribution >= 4 is 33.3 Å². The summed E-state index contributed by atoms with van der Waals surface area (Å²) in [7, 11) is 0.301. The van der Waals surface area contributed by atoms with Gasteiger partial charge in [0.05, 0.1) is 15.2 Å². The molecule has 0 radical (unpaired) electrons. The number of hydrogen-bond donors (Lipinski definition) is 0. The fraction of sp³-hybridized carbons (Fsp3) is 0.250. The van der Waals surface area contributed by atoms with Crippen molar-refractivity contribution in [1.82, 2.24) is 0 Å². The molecule has 1 unspecified atom stereocenters. The maximum Gasteiger partial charge on any atom is 0.328 e. The third kappa shape index (κ3) is 3.53. The number of fused-ring (bicyclic) bond motifs is 3. The number of anilines is 2. The normalized spacial score (nSPS) is 20.6. The van der Waals surface area contributed by atoms with Crippen molar-refractivity contribution in [2.75, 3.05) is 30.4 Å². The van der Waals surface area contributed by atoms with Crippen LogP contribution in [0.4, 0.5) is 11.4 Å². The van der Waals surface area contributed by atoms with E-state index in [0.29, 0.717) is 0 Å². The first kappa shape index (κ1) is 23.2. The minimum Gasteiger partial charge on any atom is -0.433 e. The lowest BCUT2D eigenvalue weighted by molar-refractivity contribution is -0.147. The number of carbonyl (C=O) groups excluding carboxylic acids is 1. The number of nitrogens with zero attached hydrogens (tertiary/aromatic N) is 2. The topological polar surface area (TPSA) is 66.9 Å². The SMILES string of the molecule is CN(C)c1ccc(/C=C/C23OC(=O)CN2c2ccc(S(=O)(=O)c4ccccc4)cc2C3(C)C)cc1. The quantitative estimate of drug-likeness (QED) is 0.487. The monoisotopic (exact) mass is 488 g/mol. The zero-order valence-corrected chi connectivity index (χ0v) is 21.0. The zero-order chi connectivity index (χ0) is 25.0. The van der Waals surface area contributed by atoms with E-state index in [0.717, 1.165) is 22.5 Å². The van der Waals surface area contributed by atoms with Gasteiger partial charge in [0.2, 0.25) is 15.6 Å². The number of carbonyl (C=O) groups is 1. The maximum atomic E-state index is 13.3. The minimum atomic E-state index is -3.68. The van der Waals surface area contributed by atoms with Crippen LogP contribution in [-0.4, -0.2) is 40.8 Å². The average Bonchev–Trinajstić information content (AvgIpc) is 3.28. The lowest BCUT2D eigenvalue weighted by Gasteiger charge is -2.38. The molecule has 0 N–H and O–H groups in total. The van der Waals surface area contributed by atoms with Gasteiger partial charge in [-0.2, -0.15) is 0 Å². The summed E-state index contributed by atoms with van der Waals surface area (Å²) in [6.45, 7) is 4.08. The Labute approximate surface area is 206 Å². The van der Waals surface area contributed by atoms with Gasteiger partial charge in [0.25, 0.3) is 0 Å². The van der Waals surface area contributed by atoms with E-state index in [1.807, 2.05) is 74.2 Å². The summed E-state index contributed by atoms with van der Waals surface area (Å²) >= 11 is 0. The van der Waals surface area contributed by atoms with Gasteiger partial charge in [-0.15, -0.1) is 0 Å². The van der Waals surface area contributed by atoms with Crippen LogP contribution >= 0.6 is 0 Å². The molecule has 0 spiro atoms. The van der Waals surface area contributed by atoms with Gasteiger partial charge in [-0.25, -0.2) is 8.42 Å². The fourth-order valence-corrected chi connectivity index (χ4v) is 6.32. The molecule has 1 atom stereocenters. The van der Waals surface area contributed by atoms with Crippen molar-refractivity contribution < 1.29 is 17.9 Å². The summed E-state index contributed by atoms with van der Waals surface area (Å²) in [5.41, 5.74) is 1.95. The summed E-state index contributed by atoms with van der Waals surface area (Å²) in [5, 5.41) is 0. The fourth-order valence-electron chi connectivity index (χ4n) is 5.01. The van der Waals surface area contributed by atoms with E-state index < -0.39 is 21.0 Å². The van der Waals surface area contributed by atoms with Crippen LogP contribution in [0.1, 0.15) is 25.0 Å². The Hall–Kier alpha value is -3.58. The smallest absolute Gasteiger partial charge is 0.328 e. The van der Waals surface area contributed by atoms with Crippen LogP contribution in [-0.2, 0) is 24.8 Å². The van der Waals surface area contributed by atoms with Gasteiger partial charge >= 0.3 is 5.97 Å². The van der Waals surface area contributed by atoms with Crippen molar-refractivity contribution in [2.45, 2.75) is 34.8 Å². The summed E-state index contributed by atoms with van der Waals surface area (Å²) in [6.07, 6.45) is 3.88. The molecule has 35 heavy (non-hydrogen) atoms. The van der Waals surface area contributed by atoms with Gasteiger partial charge < -0.3 is 14.5 Å². The first-order valence-corrected chi connectivity index (χ1v) is 13.0. The summed E-state index contributed by atoms with van der Waals surface area (Å²) < 4.78 is 32.6. The lowest BCUT2D eigenvalue weighted by atomic mass is 9.77. The van der Waals surface area contributed by atoms with E-state index in [9.17, 15) is 13.2 Å². The molecule has 5 rings (SSSR count). The van der Waals surface area contributed by atoms with Crippen LogP contribution in [0.2, 0.25) is 0 Å². The Bertz CT molecular complexity index is 1430. The molecular formula is C28H28N2O4S. The van der Waals surface area contributed by atoms with Crippen LogP contribution in [0.3, 0.4) is 0 Å². The molecule has 0 bridgehead atoms.